The van der Waals surface area contributed by atoms with Crippen LogP contribution in [0.3, 0.4) is 0 Å². The van der Waals surface area contributed by atoms with Gasteiger partial charge in [0.05, 0.1) is 11.3 Å². The molecule has 0 unspecified atom stereocenters. The van der Waals surface area contributed by atoms with E-state index in [0.29, 0.717) is 5.82 Å². The zero-order valence-corrected chi connectivity index (χ0v) is 12.6. The molecule has 3 nitrogen and oxygen atoms in total. The lowest BCUT2D eigenvalue weighted by Gasteiger charge is -2.19. The van der Waals surface area contributed by atoms with Crippen molar-refractivity contribution in [2.24, 2.45) is 0 Å². The Balaban J connectivity index is 2.69. The third-order valence-corrected chi connectivity index (χ3v) is 3.08. The molecule has 0 saturated carbocycles. The average molecular weight is 313 g/mol. The van der Waals surface area contributed by atoms with Crippen LogP contribution in [-0.2, 0) is 11.6 Å². The second kappa shape index (κ2) is 5.22. The third-order valence-electron chi connectivity index (χ3n) is 2.87. The predicted molar refractivity (Wildman–Crippen MR) is 76.4 cm³/mol. The number of nitrogens with zero attached hydrogens (tertiary/aromatic N) is 2. The number of hydrogen-bond acceptors (Lipinski definition) is 3. The molecular formula is C14H14F3N3S. The van der Waals surface area contributed by atoms with Crippen molar-refractivity contribution < 1.29 is 13.2 Å². The number of hydrogen-bond donors (Lipinski definition) is 1. The maximum absolute atomic E-state index is 13.1. The quantitative estimate of drug-likeness (QED) is 0.787. The van der Waals surface area contributed by atoms with Gasteiger partial charge in [-0.3, -0.25) is 4.98 Å². The Hall–Kier alpha value is -1.76. The van der Waals surface area contributed by atoms with Crippen molar-refractivity contribution in [2.75, 3.05) is 0 Å². The SMILES string of the molecule is CC(C)(C)c1nc(=S)cc(-c2cnccc2C(F)(F)F)[nH]1. The highest BCUT2D eigenvalue weighted by Gasteiger charge is 2.34. The number of aromatic amines is 1. The lowest BCUT2D eigenvalue weighted by atomic mass is 9.95. The van der Waals surface area contributed by atoms with Crippen LogP contribution in [0.4, 0.5) is 13.2 Å². The summed E-state index contributed by atoms with van der Waals surface area (Å²) in [6.07, 6.45) is -2.17. The third kappa shape index (κ3) is 3.47. The largest absolute Gasteiger partial charge is 0.417 e. The standard InChI is InChI=1S/C14H14F3N3S/c1-13(2,3)12-19-10(6-11(21)20-12)8-7-18-5-4-9(8)14(15,16)17/h4-7H,1-3H3,(H,19,20,21). The van der Waals surface area contributed by atoms with Gasteiger partial charge in [0.1, 0.15) is 10.5 Å². The molecule has 0 aliphatic carbocycles. The van der Waals surface area contributed by atoms with Crippen LogP contribution >= 0.6 is 12.2 Å². The Labute approximate surface area is 125 Å². The average Bonchev–Trinajstić information content (AvgIpc) is 2.36. The fourth-order valence-electron chi connectivity index (χ4n) is 1.81. The molecule has 112 valence electrons. The van der Waals surface area contributed by atoms with Crippen molar-refractivity contribution in [3.05, 3.63) is 40.6 Å². The first kappa shape index (κ1) is 15.6. The molecule has 0 aliphatic heterocycles. The van der Waals surface area contributed by atoms with Gasteiger partial charge in [-0.15, -0.1) is 0 Å². The zero-order valence-electron chi connectivity index (χ0n) is 11.7. The van der Waals surface area contributed by atoms with Crippen molar-refractivity contribution in [1.29, 1.82) is 0 Å². The van der Waals surface area contributed by atoms with Gasteiger partial charge in [-0.05, 0) is 12.1 Å². The zero-order chi connectivity index (χ0) is 15.8. The summed E-state index contributed by atoms with van der Waals surface area (Å²) in [4.78, 5) is 10.9. The van der Waals surface area contributed by atoms with Gasteiger partial charge in [0.2, 0.25) is 0 Å². The molecule has 2 aromatic heterocycles. The van der Waals surface area contributed by atoms with Gasteiger partial charge in [-0.25, -0.2) is 4.98 Å². The predicted octanol–water partition coefficient (Wildman–Crippen LogP) is 4.52. The van der Waals surface area contributed by atoms with Crippen LogP contribution in [0, 0.1) is 4.64 Å². The summed E-state index contributed by atoms with van der Waals surface area (Å²) in [6.45, 7) is 5.70. The summed E-state index contributed by atoms with van der Waals surface area (Å²) in [5, 5.41) is 0. The van der Waals surface area contributed by atoms with E-state index in [1.807, 2.05) is 20.8 Å². The van der Waals surface area contributed by atoms with E-state index < -0.39 is 11.7 Å². The maximum Gasteiger partial charge on any atom is 0.417 e. The van der Waals surface area contributed by atoms with Crippen molar-refractivity contribution >= 4 is 12.2 Å². The van der Waals surface area contributed by atoms with Crippen LogP contribution in [0.25, 0.3) is 11.3 Å². The van der Waals surface area contributed by atoms with Gasteiger partial charge < -0.3 is 4.98 Å². The number of nitrogens with one attached hydrogen (secondary N) is 1. The molecule has 0 radical (unpaired) electrons. The highest BCUT2D eigenvalue weighted by atomic mass is 32.1. The van der Waals surface area contributed by atoms with Crippen LogP contribution in [0.2, 0.25) is 0 Å². The number of H-pyrrole nitrogens is 1. The molecule has 0 spiro atoms. The Morgan fingerprint density at radius 2 is 1.86 bits per heavy atom. The van der Waals surface area contributed by atoms with Gasteiger partial charge in [0.25, 0.3) is 0 Å². The molecule has 21 heavy (non-hydrogen) atoms. The second-order valence-corrected chi connectivity index (χ2v) is 6.07. The number of halogens is 3. The van der Waals surface area contributed by atoms with Crippen LogP contribution in [0.5, 0.6) is 0 Å². The Morgan fingerprint density at radius 3 is 2.43 bits per heavy atom. The van der Waals surface area contributed by atoms with Crippen LogP contribution in [0.15, 0.2) is 24.5 Å². The summed E-state index contributed by atoms with van der Waals surface area (Å²) in [5.41, 5.74) is -0.886. The van der Waals surface area contributed by atoms with Gasteiger partial charge in [0.15, 0.2) is 0 Å². The number of rotatable bonds is 1. The van der Waals surface area contributed by atoms with Gasteiger partial charge in [-0.1, -0.05) is 33.0 Å². The van der Waals surface area contributed by atoms with Crippen LogP contribution in [0.1, 0.15) is 32.2 Å². The minimum Gasteiger partial charge on any atom is -0.343 e. The number of aromatic nitrogens is 3. The molecule has 0 amide bonds. The van der Waals surface area contributed by atoms with Gasteiger partial charge >= 0.3 is 6.18 Å². The fraction of sp³-hybridized carbons (Fsp3) is 0.357. The van der Waals surface area contributed by atoms with Crippen LogP contribution < -0.4 is 0 Å². The summed E-state index contributed by atoms with van der Waals surface area (Å²) in [5.74, 6) is 0.530. The number of alkyl halides is 3. The van der Waals surface area contributed by atoms with Gasteiger partial charge in [0, 0.05) is 23.4 Å². The Bertz CT molecular complexity index is 714. The van der Waals surface area contributed by atoms with E-state index >= 15 is 0 Å². The summed E-state index contributed by atoms with van der Waals surface area (Å²) >= 11 is 5.06. The Kier molecular flexibility index (Phi) is 3.88. The molecule has 2 rings (SSSR count). The normalized spacial score (nSPS) is 12.5. The van der Waals surface area contributed by atoms with E-state index in [0.717, 1.165) is 12.3 Å². The fourth-order valence-corrected chi connectivity index (χ4v) is 2.02. The summed E-state index contributed by atoms with van der Waals surface area (Å²) < 4.78 is 39.5. The first-order valence-corrected chi connectivity index (χ1v) is 6.63. The van der Waals surface area contributed by atoms with Crippen molar-refractivity contribution in [3.63, 3.8) is 0 Å². The molecule has 0 atom stereocenters. The molecule has 2 aromatic rings. The minimum absolute atomic E-state index is 0.0380. The molecule has 7 heteroatoms. The first-order valence-electron chi connectivity index (χ1n) is 6.22. The van der Waals surface area contributed by atoms with E-state index in [-0.39, 0.29) is 21.3 Å². The first-order chi connectivity index (χ1) is 9.59. The topological polar surface area (TPSA) is 41.6 Å². The number of pyridine rings is 1. The van der Waals surface area contributed by atoms with Gasteiger partial charge in [-0.2, -0.15) is 13.2 Å². The lowest BCUT2D eigenvalue weighted by Crippen LogP contribution is -2.17. The minimum atomic E-state index is -4.46. The molecule has 0 fully saturated rings. The van der Waals surface area contributed by atoms with E-state index in [1.54, 1.807) is 0 Å². The van der Waals surface area contributed by atoms with Crippen molar-refractivity contribution in [1.82, 2.24) is 15.0 Å². The van der Waals surface area contributed by atoms with E-state index in [1.165, 1.54) is 12.3 Å². The monoisotopic (exact) mass is 313 g/mol. The summed E-state index contributed by atoms with van der Waals surface area (Å²) in [7, 11) is 0. The molecule has 2 heterocycles. The van der Waals surface area contributed by atoms with Crippen molar-refractivity contribution in [3.8, 4) is 11.3 Å². The van der Waals surface area contributed by atoms with E-state index in [9.17, 15) is 13.2 Å². The molecular weight excluding hydrogens is 299 g/mol. The highest BCUT2D eigenvalue weighted by Crippen LogP contribution is 2.36. The van der Waals surface area contributed by atoms with E-state index in [4.69, 9.17) is 12.2 Å². The molecule has 0 aliphatic rings. The molecule has 1 N–H and O–H groups in total. The molecule has 0 aromatic carbocycles. The second-order valence-electron chi connectivity index (χ2n) is 5.65. The maximum atomic E-state index is 13.1. The molecule has 0 bridgehead atoms. The van der Waals surface area contributed by atoms with E-state index in [2.05, 4.69) is 15.0 Å². The summed E-state index contributed by atoms with van der Waals surface area (Å²) in [6, 6.07) is 2.36. The van der Waals surface area contributed by atoms with Crippen LogP contribution in [-0.4, -0.2) is 15.0 Å². The smallest absolute Gasteiger partial charge is 0.343 e. The lowest BCUT2D eigenvalue weighted by molar-refractivity contribution is -0.137. The Morgan fingerprint density at radius 1 is 1.19 bits per heavy atom. The molecule has 0 saturated heterocycles. The van der Waals surface area contributed by atoms with Crippen molar-refractivity contribution in [2.45, 2.75) is 32.4 Å². The highest BCUT2D eigenvalue weighted by molar-refractivity contribution is 7.71.